The summed E-state index contributed by atoms with van der Waals surface area (Å²) in [6.07, 6.45) is 8.46. The average molecular weight is 561 g/mol. The molecule has 0 aliphatic heterocycles. The maximum atomic E-state index is 13.5. The molecule has 1 aliphatic rings. The predicted octanol–water partition coefficient (Wildman–Crippen LogP) is 4.70. The number of carbonyl (C=O) groups excluding carboxylic acids is 3. The Hall–Kier alpha value is -3.71. The van der Waals surface area contributed by atoms with Gasteiger partial charge in [-0.2, -0.15) is 0 Å². The molecule has 3 N–H and O–H groups in total. The van der Waals surface area contributed by atoms with Crippen LogP contribution in [0.25, 0.3) is 0 Å². The second-order valence-electron chi connectivity index (χ2n) is 11.1. The van der Waals surface area contributed by atoms with Gasteiger partial charge in [-0.15, -0.1) is 13.2 Å². The molecule has 2 aromatic carbocycles. The van der Waals surface area contributed by atoms with E-state index < -0.39 is 17.5 Å². The van der Waals surface area contributed by atoms with Gasteiger partial charge < -0.3 is 20.5 Å². The highest BCUT2D eigenvalue weighted by Crippen LogP contribution is 2.31. The Morgan fingerprint density at radius 1 is 0.878 bits per heavy atom. The average Bonchev–Trinajstić information content (AvgIpc) is 3.44. The van der Waals surface area contributed by atoms with Crippen molar-refractivity contribution >= 4 is 17.8 Å². The molecule has 0 saturated heterocycles. The van der Waals surface area contributed by atoms with Crippen LogP contribution in [-0.4, -0.2) is 47.7 Å². The van der Waals surface area contributed by atoms with Crippen LogP contribution in [0.1, 0.15) is 56.1 Å². The van der Waals surface area contributed by atoms with Gasteiger partial charge in [0.15, 0.2) is 0 Å². The topological polar surface area (TPSA) is 105 Å². The molecule has 2 aromatic rings. The van der Waals surface area contributed by atoms with Gasteiger partial charge in [0.05, 0.1) is 30.0 Å². The number of aliphatic hydroxyl groups is 1. The van der Waals surface area contributed by atoms with E-state index in [9.17, 15) is 19.5 Å². The number of aliphatic hydroxyl groups excluding tert-OH is 1. The highest BCUT2D eigenvalue weighted by atomic mass is 16.5. The van der Waals surface area contributed by atoms with E-state index in [1.807, 2.05) is 60.7 Å². The number of rotatable bonds is 17. The van der Waals surface area contributed by atoms with Gasteiger partial charge in [-0.25, -0.2) is 0 Å². The molecule has 0 bridgehead atoms. The van der Waals surface area contributed by atoms with Crippen LogP contribution in [0.4, 0.5) is 0 Å². The molecule has 7 nitrogen and oxygen atoms in total. The first-order chi connectivity index (χ1) is 19.9. The fraction of sp³-hybridized carbons (Fsp3) is 0.441. The lowest BCUT2D eigenvalue weighted by atomic mass is 9.93. The van der Waals surface area contributed by atoms with Crippen molar-refractivity contribution in [3.8, 4) is 0 Å². The molecule has 220 valence electrons. The standard InChI is InChI=1S/C34H44N2O5/c1-3-13-28(23-31(38)35-30(24-37)22-27-17-9-6-10-18-27)32(39)36-34(19-11-12-20-34)25-41-33(40)29(14-4-2)21-26-15-7-5-8-16-26/h3-10,15-18,28-30,37H,1-2,11-14,19-25H2,(H,35,38)(H,36,39)/t28-,29-,30-/m1/s1. The fourth-order valence-corrected chi connectivity index (χ4v) is 5.46. The molecule has 0 unspecified atom stereocenters. The van der Waals surface area contributed by atoms with E-state index in [1.165, 1.54) is 0 Å². The van der Waals surface area contributed by atoms with Crippen molar-refractivity contribution in [2.24, 2.45) is 11.8 Å². The van der Waals surface area contributed by atoms with Crippen molar-refractivity contribution in [1.82, 2.24) is 10.6 Å². The number of nitrogens with one attached hydrogen (secondary N) is 2. The summed E-state index contributed by atoms with van der Waals surface area (Å²) < 4.78 is 5.83. The highest BCUT2D eigenvalue weighted by Gasteiger charge is 2.39. The SMILES string of the molecule is C=CC[C@H](CC(=O)N[C@@H](CO)Cc1ccccc1)C(=O)NC1(COC(=O)[C@H](CC=C)Cc2ccccc2)CCCC1. The molecular weight excluding hydrogens is 516 g/mol. The summed E-state index contributed by atoms with van der Waals surface area (Å²) in [7, 11) is 0. The van der Waals surface area contributed by atoms with Gasteiger partial charge in [-0.1, -0.05) is 85.7 Å². The van der Waals surface area contributed by atoms with E-state index in [0.29, 0.717) is 38.5 Å². The van der Waals surface area contributed by atoms with Crippen LogP contribution in [0.3, 0.4) is 0 Å². The largest absolute Gasteiger partial charge is 0.463 e. The summed E-state index contributed by atoms with van der Waals surface area (Å²) in [4.78, 5) is 39.5. The lowest BCUT2D eigenvalue weighted by Gasteiger charge is -2.32. The third-order valence-corrected chi connectivity index (χ3v) is 7.71. The van der Waals surface area contributed by atoms with Crippen LogP contribution >= 0.6 is 0 Å². The summed E-state index contributed by atoms with van der Waals surface area (Å²) in [5.74, 6) is -1.83. The first-order valence-corrected chi connectivity index (χ1v) is 14.6. The Kier molecular flexibility index (Phi) is 12.8. The van der Waals surface area contributed by atoms with Gasteiger partial charge in [-0.05, 0) is 49.7 Å². The van der Waals surface area contributed by atoms with Crippen molar-refractivity contribution in [3.05, 3.63) is 97.1 Å². The first kappa shape index (κ1) is 31.8. The molecule has 1 saturated carbocycles. The van der Waals surface area contributed by atoms with E-state index in [2.05, 4.69) is 23.8 Å². The fourth-order valence-electron chi connectivity index (χ4n) is 5.46. The highest BCUT2D eigenvalue weighted by molar-refractivity contribution is 5.86. The maximum absolute atomic E-state index is 13.5. The van der Waals surface area contributed by atoms with Crippen molar-refractivity contribution < 1.29 is 24.2 Å². The van der Waals surface area contributed by atoms with Gasteiger partial charge in [0.25, 0.3) is 0 Å². The summed E-state index contributed by atoms with van der Waals surface area (Å²) in [5.41, 5.74) is 1.40. The summed E-state index contributed by atoms with van der Waals surface area (Å²) in [6.45, 7) is 7.46. The van der Waals surface area contributed by atoms with Gasteiger partial charge >= 0.3 is 5.97 Å². The molecule has 0 aromatic heterocycles. The normalized spacial score (nSPS) is 16.1. The second kappa shape index (κ2) is 16.5. The quantitative estimate of drug-likeness (QED) is 0.192. The number of benzene rings is 2. The molecule has 1 aliphatic carbocycles. The first-order valence-electron chi connectivity index (χ1n) is 14.6. The van der Waals surface area contributed by atoms with Gasteiger partial charge in [0.2, 0.25) is 11.8 Å². The van der Waals surface area contributed by atoms with Crippen molar-refractivity contribution in [2.75, 3.05) is 13.2 Å². The number of hydrogen-bond donors (Lipinski definition) is 3. The van der Waals surface area contributed by atoms with Crippen molar-refractivity contribution in [1.29, 1.82) is 0 Å². The Labute approximate surface area is 244 Å². The van der Waals surface area contributed by atoms with Crippen LogP contribution in [-0.2, 0) is 32.0 Å². The van der Waals surface area contributed by atoms with E-state index >= 15 is 0 Å². The Morgan fingerprint density at radius 3 is 2.00 bits per heavy atom. The molecule has 2 amide bonds. The number of esters is 1. The zero-order valence-electron chi connectivity index (χ0n) is 23.9. The number of carbonyl (C=O) groups is 3. The van der Waals surface area contributed by atoms with E-state index in [4.69, 9.17) is 4.74 Å². The minimum atomic E-state index is -0.658. The predicted molar refractivity (Wildman–Crippen MR) is 161 cm³/mol. The Bertz CT molecular complexity index is 1130. The van der Waals surface area contributed by atoms with Crippen molar-refractivity contribution in [3.63, 3.8) is 0 Å². The van der Waals surface area contributed by atoms with Gasteiger partial charge in [0, 0.05) is 6.42 Å². The summed E-state index contributed by atoms with van der Waals surface area (Å²) in [6, 6.07) is 19.0. The van der Waals surface area contributed by atoms with Gasteiger partial charge in [0.1, 0.15) is 6.61 Å². The molecular formula is C34H44N2O5. The third-order valence-electron chi connectivity index (χ3n) is 7.71. The monoisotopic (exact) mass is 560 g/mol. The lowest BCUT2D eigenvalue weighted by molar-refractivity contribution is -0.151. The minimum Gasteiger partial charge on any atom is -0.463 e. The minimum absolute atomic E-state index is 0.0303. The van der Waals surface area contributed by atoms with Crippen molar-refractivity contribution in [2.45, 2.75) is 69.4 Å². The molecule has 0 radical (unpaired) electrons. The Balaban J connectivity index is 1.59. The molecule has 0 heterocycles. The third kappa shape index (κ3) is 10.3. The molecule has 3 atom stereocenters. The smallest absolute Gasteiger partial charge is 0.309 e. The molecule has 1 fully saturated rings. The maximum Gasteiger partial charge on any atom is 0.309 e. The summed E-state index contributed by atoms with van der Waals surface area (Å²) >= 11 is 0. The summed E-state index contributed by atoms with van der Waals surface area (Å²) in [5, 5.41) is 15.8. The van der Waals surface area contributed by atoms with Crippen LogP contribution in [0.5, 0.6) is 0 Å². The number of allylic oxidation sites excluding steroid dienone is 2. The second-order valence-corrected chi connectivity index (χ2v) is 11.1. The van der Waals surface area contributed by atoms with E-state index in [-0.39, 0.29) is 43.3 Å². The number of ether oxygens (including phenoxy) is 1. The zero-order valence-corrected chi connectivity index (χ0v) is 23.9. The van der Waals surface area contributed by atoms with E-state index in [0.717, 1.165) is 24.0 Å². The van der Waals surface area contributed by atoms with Crippen LogP contribution < -0.4 is 10.6 Å². The molecule has 3 rings (SSSR count). The van der Waals surface area contributed by atoms with Crippen LogP contribution in [0.15, 0.2) is 86.0 Å². The van der Waals surface area contributed by atoms with Crippen LogP contribution in [0.2, 0.25) is 0 Å². The lowest BCUT2D eigenvalue weighted by Crippen LogP contribution is -2.53. The Morgan fingerprint density at radius 2 is 1.44 bits per heavy atom. The molecule has 0 spiro atoms. The van der Waals surface area contributed by atoms with Crippen LogP contribution in [0, 0.1) is 11.8 Å². The number of amides is 2. The van der Waals surface area contributed by atoms with Gasteiger partial charge in [-0.3, -0.25) is 14.4 Å². The zero-order chi connectivity index (χ0) is 29.5. The van der Waals surface area contributed by atoms with E-state index in [1.54, 1.807) is 12.2 Å². The molecule has 41 heavy (non-hydrogen) atoms. The molecule has 7 heteroatoms. The number of hydrogen-bond acceptors (Lipinski definition) is 5.